The summed E-state index contributed by atoms with van der Waals surface area (Å²) in [5, 5.41) is 0. The predicted molar refractivity (Wildman–Crippen MR) is 66.0 cm³/mol. The summed E-state index contributed by atoms with van der Waals surface area (Å²) in [6.07, 6.45) is 8.86. The van der Waals surface area contributed by atoms with E-state index in [9.17, 15) is 0 Å². The maximum absolute atomic E-state index is 4.69. The van der Waals surface area contributed by atoms with Gasteiger partial charge in [-0.25, -0.2) is 0 Å². The Balaban J connectivity index is 2.56. The fourth-order valence-corrected chi connectivity index (χ4v) is 2.09. The zero-order valence-electron chi connectivity index (χ0n) is 10.3. The normalized spacial score (nSPS) is 26.3. The predicted octanol–water partition coefficient (Wildman–Crippen LogP) is 3.89. The molecule has 0 unspecified atom stereocenters. The molecule has 15 heavy (non-hydrogen) atoms. The smallest absolute Gasteiger partial charge is 0.0639 e. The lowest BCUT2D eigenvalue weighted by Gasteiger charge is -2.20. The van der Waals surface area contributed by atoms with Gasteiger partial charge in [-0.2, -0.15) is 0 Å². The van der Waals surface area contributed by atoms with Gasteiger partial charge in [0, 0.05) is 16.5 Å². The molecule has 0 radical (unpaired) electrons. The van der Waals surface area contributed by atoms with E-state index in [1.807, 2.05) is 0 Å². The van der Waals surface area contributed by atoms with Gasteiger partial charge in [0.1, 0.15) is 0 Å². The first-order valence-electron chi connectivity index (χ1n) is 5.52. The van der Waals surface area contributed by atoms with E-state index in [2.05, 4.69) is 63.9 Å². The topological polar surface area (TPSA) is 12.4 Å². The molecule has 0 atom stereocenters. The lowest BCUT2D eigenvalue weighted by Crippen LogP contribution is -2.18. The minimum absolute atomic E-state index is 0.0938. The maximum Gasteiger partial charge on any atom is 0.0639 e. The van der Waals surface area contributed by atoms with Gasteiger partial charge in [-0.3, -0.25) is 4.99 Å². The number of aliphatic imine (C=N–C) groups is 1. The number of fused-ring (bicyclic) bond motifs is 1. The van der Waals surface area contributed by atoms with E-state index >= 15 is 0 Å². The summed E-state index contributed by atoms with van der Waals surface area (Å²) in [6, 6.07) is 0. The Kier molecular flexibility index (Phi) is 2.04. The molecule has 1 heteroatoms. The van der Waals surface area contributed by atoms with E-state index in [1.165, 1.54) is 11.3 Å². The van der Waals surface area contributed by atoms with Crippen molar-refractivity contribution in [2.45, 2.75) is 34.6 Å². The Bertz CT molecular complexity index is 415. The number of hydrogen-bond donors (Lipinski definition) is 0. The molecule has 0 saturated carbocycles. The fourth-order valence-electron chi connectivity index (χ4n) is 2.09. The first-order valence-corrected chi connectivity index (χ1v) is 5.52. The van der Waals surface area contributed by atoms with Gasteiger partial charge in [-0.05, 0) is 18.6 Å². The van der Waals surface area contributed by atoms with Crippen molar-refractivity contribution >= 4 is 5.71 Å². The molecular weight excluding hydrogens is 182 g/mol. The summed E-state index contributed by atoms with van der Waals surface area (Å²) < 4.78 is 0. The lowest BCUT2D eigenvalue weighted by atomic mass is 9.81. The number of allylic oxidation sites excluding steroid dienone is 5. The van der Waals surface area contributed by atoms with Crippen molar-refractivity contribution in [3.05, 3.63) is 35.6 Å². The molecule has 1 nitrogen and oxygen atoms in total. The second kappa shape index (κ2) is 2.94. The highest BCUT2D eigenvalue weighted by Crippen LogP contribution is 2.43. The quantitative estimate of drug-likeness (QED) is 0.563. The SMILES string of the molecule is CC1=NC2=CC(C)(C)C=CC=C2C1(C)C. The highest BCUT2D eigenvalue weighted by molar-refractivity contribution is 5.96. The van der Waals surface area contributed by atoms with Crippen LogP contribution in [0.15, 0.2) is 40.6 Å². The first-order chi connectivity index (χ1) is 6.83. The standard InChI is InChI=1S/C14H19N/c1-10-14(4,5)11-7-6-8-13(2,3)9-12(11)15-10/h6-9H,1-5H3. The molecule has 0 aromatic rings. The molecule has 0 spiro atoms. The highest BCUT2D eigenvalue weighted by Gasteiger charge is 2.35. The van der Waals surface area contributed by atoms with Crippen LogP contribution in [-0.4, -0.2) is 5.71 Å². The molecule has 1 aliphatic carbocycles. The van der Waals surface area contributed by atoms with Crippen LogP contribution in [0.4, 0.5) is 0 Å². The van der Waals surface area contributed by atoms with Gasteiger partial charge in [0.05, 0.1) is 5.70 Å². The second-order valence-corrected chi connectivity index (χ2v) is 5.61. The third-order valence-corrected chi connectivity index (χ3v) is 3.44. The van der Waals surface area contributed by atoms with E-state index < -0.39 is 0 Å². The summed E-state index contributed by atoms with van der Waals surface area (Å²) in [5.41, 5.74) is 3.93. The van der Waals surface area contributed by atoms with Crippen molar-refractivity contribution in [2.75, 3.05) is 0 Å². The fraction of sp³-hybridized carbons (Fsp3) is 0.500. The molecule has 2 aliphatic rings. The van der Waals surface area contributed by atoms with E-state index in [-0.39, 0.29) is 10.8 Å². The molecule has 0 saturated heterocycles. The number of nitrogens with zero attached hydrogens (tertiary/aromatic N) is 1. The van der Waals surface area contributed by atoms with Crippen LogP contribution >= 0.6 is 0 Å². The van der Waals surface area contributed by atoms with Crippen LogP contribution in [0.25, 0.3) is 0 Å². The van der Waals surface area contributed by atoms with Gasteiger partial charge in [0.25, 0.3) is 0 Å². The third-order valence-electron chi connectivity index (χ3n) is 3.44. The maximum atomic E-state index is 4.69. The van der Waals surface area contributed by atoms with E-state index in [1.54, 1.807) is 0 Å². The van der Waals surface area contributed by atoms with Crippen molar-refractivity contribution in [1.29, 1.82) is 0 Å². The van der Waals surface area contributed by atoms with Crippen LogP contribution in [0.2, 0.25) is 0 Å². The molecular formula is C14H19N. The number of hydrogen-bond acceptors (Lipinski definition) is 1. The molecule has 0 amide bonds. The minimum atomic E-state index is 0.0938. The molecule has 0 fully saturated rings. The molecule has 0 N–H and O–H groups in total. The Morgan fingerprint density at radius 2 is 1.80 bits per heavy atom. The molecule has 80 valence electrons. The largest absolute Gasteiger partial charge is 0.257 e. The Hall–Kier alpha value is -1.11. The van der Waals surface area contributed by atoms with Gasteiger partial charge < -0.3 is 0 Å². The Morgan fingerprint density at radius 3 is 2.47 bits per heavy atom. The van der Waals surface area contributed by atoms with E-state index in [0.29, 0.717) is 0 Å². The average Bonchev–Trinajstić information content (AvgIpc) is 2.25. The lowest BCUT2D eigenvalue weighted by molar-refractivity contribution is 0.618. The van der Waals surface area contributed by atoms with Crippen LogP contribution in [0, 0.1) is 10.8 Å². The van der Waals surface area contributed by atoms with Crippen molar-refractivity contribution in [3.8, 4) is 0 Å². The summed E-state index contributed by atoms with van der Waals surface area (Å²) in [7, 11) is 0. The molecule has 1 heterocycles. The number of rotatable bonds is 0. The summed E-state index contributed by atoms with van der Waals surface area (Å²) in [6.45, 7) is 11.0. The summed E-state index contributed by atoms with van der Waals surface area (Å²) in [5.74, 6) is 0. The Morgan fingerprint density at radius 1 is 1.13 bits per heavy atom. The monoisotopic (exact) mass is 201 g/mol. The summed E-state index contributed by atoms with van der Waals surface area (Å²) >= 11 is 0. The van der Waals surface area contributed by atoms with Crippen LogP contribution in [0.1, 0.15) is 34.6 Å². The van der Waals surface area contributed by atoms with Gasteiger partial charge in [0.2, 0.25) is 0 Å². The van der Waals surface area contributed by atoms with Gasteiger partial charge in [0.15, 0.2) is 0 Å². The van der Waals surface area contributed by atoms with Crippen molar-refractivity contribution in [2.24, 2.45) is 15.8 Å². The third kappa shape index (κ3) is 1.60. The van der Waals surface area contributed by atoms with Gasteiger partial charge in [-0.15, -0.1) is 0 Å². The molecule has 0 aromatic carbocycles. The van der Waals surface area contributed by atoms with Crippen LogP contribution in [0.3, 0.4) is 0 Å². The first kappa shape index (κ1) is 10.4. The zero-order valence-corrected chi connectivity index (χ0v) is 10.3. The van der Waals surface area contributed by atoms with Crippen molar-refractivity contribution < 1.29 is 0 Å². The summed E-state index contributed by atoms with van der Waals surface area (Å²) in [4.78, 5) is 4.69. The molecule has 0 bridgehead atoms. The van der Waals surface area contributed by atoms with E-state index in [0.717, 1.165) is 5.70 Å². The van der Waals surface area contributed by atoms with Gasteiger partial charge in [-0.1, -0.05) is 45.9 Å². The Labute approximate surface area is 92.3 Å². The second-order valence-electron chi connectivity index (χ2n) is 5.61. The zero-order chi connectivity index (χ0) is 11.3. The van der Waals surface area contributed by atoms with Crippen LogP contribution < -0.4 is 0 Å². The van der Waals surface area contributed by atoms with Crippen LogP contribution in [0.5, 0.6) is 0 Å². The molecule has 2 rings (SSSR count). The minimum Gasteiger partial charge on any atom is -0.257 e. The molecule has 1 aliphatic heterocycles. The highest BCUT2D eigenvalue weighted by atomic mass is 14.8. The van der Waals surface area contributed by atoms with Crippen LogP contribution in [-0.2, 0) is 0 Å². The van der Waals surface area contributed by atoms with Crippen molar-refractivity contribution in [3.63, 3.8) is 0 Å². The van der Waals surface area contributed by atoms with Crippen molar-refractivity contribution in [1.82, 2.24) is 0 Å². The molecule has 0 aromatic heterocycles. The van der Waals surface area contributed by atoms with Gasteiger partial charge >= 0.3 is 0 Å². The average molecular weight is 201 g/mol. The van der Waals surface area contributed by atoms with E-state index in [4.69, 9.17) is 0 Å².